The minimum absolute atomic E-state index is 0.00463. The van der Waals surface area contributed by atoms with Gasteiger partial charge in [-0.15, -0.1) is 0 Å². The minimum Gasteiger partial charge on any atom is -0.455 e. The molecule has 3 aliphatic carbocycles. The molecule has 9 heteroatoms. The third kappa shape index (κ3) is 4.39. The van der Waals surface area contributed by atoms with Crippen molar-refractivity contribution in [1.82, 2.24) is 10.6 Å². The lowest BCUT2D eigenvalue weighted by molar-refractivity contribution is 0.0923. The van der Waals surface area contributed by atoms with Crippen LogP contribution in [0.3, 0.4) is 0 Å². The Morgan fingerprint density at radius 2 is 1.68 bits per heavy atom. The maximum absolute atomic E-state index is 15.4. The van der Waals surface area contributed by atoms with Crippen molar-refractivity contribution < 1.29 is 27.2 Å². The molecule has 6 nitrogen and oxygen atoms in total. The molecule has 0 unspecified atom stereocenters. The number of fused-ring (bicyclic) bond motifs is 2. The summed E-state index contributed by atoms with van der Waals surface area (Å²) < 4.78 is 49.9. The van der Waals surface area contributed by atoms with E-state index >= 15 is 4.39 Å². The highest BCUT2D eigenvalue weighted by molar-refractivity contribution is 6.13. The molecule has 0 radical (unpaired) electrons. The molecule has 1 heterocycles. The highest BCUT2D eigenvalue weighted by Crippen LogP contribution is 2.48. The van der Waals surface area contributed by atoms with Crippen LogP contribution < -0.4 is 16.0 Å². The molecule has 4 aromatic rings. The first-order valence-corrected chi connectivity index (χ1v) is 13.4. The van der Waals surface area contributed by atoms with Crippen LogP contribution in [-0.2, 0) is 0 Å². The first-order chi connectivity index (χ1) is 19.3. The highest BCUT2D eigenvalue weighted by atomic mass is 19.1. The summed E-state index contributed by atoms with van der Waals surface area (Å²) in [6, 6.07) is 10.7. The van der Waals surface area contributed by atoms with Gasteiger partial charge in [-0.05, 0) is 74.4 Å². The monoisotopic (exact) mass is 547 g/mol. The lowest BCUT2D eigenvalue weighted by atomic mass is 9.84. The van der Waals surface area contributed by atoms with E-state index in [1.807, 2.05) is 6.92 Å². The number of anilines is 1. The van der Waals surface area contributed by atoms with Gasteiger partial charge in [-0.2, -0.15) is 0 Å². The number of benzene rings is 3. The van der Waals surface area contributed by atoms with E-state index in [1.165, 1.54) is 37.4 Å². The van der Waals surface area contributed by atoms with Gasteiger partial charge in [0.05, 0.1) is 11.1 Å². The van der Waals surface area contributed by atoms with Crippen molar-refractivity contribution in [3.05, 3.63) is 77.1 Å². The first-order valence-electron chi connectivity index (χ1n) is 13.4. The van der Waals surface area contributed by atoms with E-state index in [2.05, 4.69) is 16.0 Å². The van der Waals surface area contributed by atoms with Gasteiger partial charge in [-0.1, -0.05) is 0 Å². The number of rotatable bonds is 7. The number of nitrogens with one attached hydrogen (secondary N) is 3. The van der Waals surface area contributed by atoms with Crippen molar-refractivity contribution in [3.8, 4) is 22.5 Å². The first kappa shape index (κ1) is 26.0. The van der Waals surface area contributed by atoms with Crippen molar-refractivity contribution in [2.75, 3.05) is 18.9 Å². The normalized spacial score (nSPS) is 19.4. The summed E-state index contributed by atoms with van der Waals surface area (Å²) >= 11 is 0. The Balaban J connectivity index is 1.49. The Morgan fingerprint density at radius 1 is 0.925 bits per heavy atom. The van der Waals surface area contributed by atoms with Crippen molar-refractivity contribution in [2.45, 2.75) is 32.2 Å². The molecule has 3 fully saturated rings. The van der Waals surface area contributed by atoms with Gasteiger partial charge in [0, 0.05) is 59.5 Å². The fourth-order valence-electron chi connectivity index (χ4n) is 6.07. The number of carbonyl (C=O) groups is 2. The second-order valence-corrected chi connectivity index (χ2v) is 10.5. The highest BCUT2D eigenvalue weighted by Gasteiger charge is 2.45. The zero-order chi connectivity index (χ0) is 28.1. The Labute approximate surface area is 228 Å². The molecule has 7 rings (SSSR count). The summed E-state index contributed by atoms with van der Waals surface area (Å²) in [4.78, 5) is 26.1. The van der Waals surface area contributed by atoms with Crippen molar-refractivity contribution in [2.24, 2.45) is 11.8 Å². The van der Waals surface area contributed by atoms with E-state index in [0.29, 0.717) is 46.2 Å². The van der Waals surface area contributed by atoms with Crippen LogP contribution in [0.5, 0.6) is 0 Å². The van der Waals surface area contributed by atoms with Gasteiger partial charge in [0.15, 0.2) is 0 Å². The molecule has 1 atom stereocenters. The van der Waals surface area contributed by atoms with Gasteiger partial charge < -0.3 is 20.4 Å². The number of hydrogen-bond acceptors (Lipinski definition) is 4. The van der Waals surface area contributed by atoms with E-state index in [9.17, 15) is 18.4 Å². The molecule has 2 amide bonds. The lowest BCUT2D eigenvalue weighted by Gasteiger charge is -2.24. The predicted molar refractivity (Wildman–Crippen MR) is 147 cm³/mol. The Morgan fingerprint density at radius 3 is 2.33 bits per heavy atom. The molecule has 3 N–H and O–H groups in total. The Kier molecular flexibility index (Phi) is 6.52. The molecule has 206 valence electrons. The largest absolute Gasteiger partial charge is 0.455 e. The van der Waals surface area contributed by atoms with Crippen LogP contribution in [-0.4, -0.2) is 31.4 Å². The van der Waals surface area contributed by atoms with E-state index in [1.54, 1.807) is 12.1 Å². The Bertz CT molecular complexity index is 1640. The molecule has 3 aliphatic rings. The van der Waals surface area contributed by atoms with E-state index < -0.39 is 29.3 Å². The van der Waals surface area contributed by atoms with Crippen LogP contribution in [0, 0.1) is 29.3 Å². The molecule has 3 saturated carbocycles. The van der Waals surface area contributed by atoms with Crippen LogP contribution in [0.25, 0.3) is 33.4 Å². The standard InChI is InChI=1S/C31H28F3N3O3/c1-3-36-26-14-27-22(28(31(39)35-2)29(40-27)16-4-6-18(32)7-5-16)12-20(26)19-11-21(24(34)13-23(19)33)30(38)37-25-10-15-8-17(25)9-15/h4-7,11-15,17,25,36H,3,8-10H2,1-2H3,(H,35,39)(H,37,38)/t15?,17?,25-/m0/s1. The van der Waals surface area contributed by atoms with Gasteiger partial charge in [0.1, 0.15) is 28.8 Å². The molecular weight excluding hydrogens is 519 g/mol. The van der Waals surface area contributed by atoms with E-state index in [4.69, 9.17) is 4.42 Å². The zero-order valence-corrected chi connectivity index (χ0v) is 22.0. The van der Waals surface area contributed by atoms with Crippen molar-refractivity contribution in [1.29, 1.82) is 0 Å². The summed E-state index contributed by atoms with van der Waals surface area (Å²) in [6.45, 7) is 2.34. The summed E-state index contributed by atoms with van der Waals surface area (Å²) in [6.07, 6.45) is 3.03. The predicted octanol–water partition coefficient (Wildman–Crippen LogP) is 6.50. The molecule has 0 spiro atoms. The summed E-state index contributed by atoms with van der Waals surface area (Å²) in [7, 11) is 1.47. The smallest absolute Gasteiger partial charge is 0.255 e. The molecular formula is C31H28F3N3O3. The molecule has 40 heavy (non-hydrogen) atoms. The maximum atomic E-state index is 15.4. The maximum Gasteiger partial charge on any atom is 0.255 e. The quantitative estimate of drug-likeness (QED) is 0.247. The van der Waals surface area contributed by atoms with Crippen molar-refractivity contribution >= 4 is 28.5 Å². The summed E-state index contributed by atoms with van der Waals surface area (Å²) in [5.41, 5.74) is 1.60. The topological polar surface area (TPSA) is 83.4 Å². The van der Waals surface area contributed by atoms with E-state index in [-0.39, 0.29) is 28.5 Å². The van der Waals surface area contributed by atoms with Gasteiger partial charge in [-0.25, -0.2) is 13.2 Å². The summed E-state index contributed by atoms with van der Waals surface area (Å²) in [5, 5.41) is 9.10. The lowest BCUT2D eigenvalue weighted by Crippen LogP contribution is -2.37. The van der Waals surface area contributed by atoms with Crippen LogP contribution >= 0.6 is 0 Å². The molecule has 3 aromatic carbocycles. The minimum atomic E-state index is -0.942. The molecule has 1 aromatic heterocycles. The molecule has 0 saturated heterocycles. The number of carbonyl (C=O) groups excluding carboxylic acids is 2. The van der Waals surface area contributed by atoms with Gasteiger partial charge in [-0.3, -0.25) is 9.59 Å². The number of halogens is 3. The SMILES string of the molecule is CCNc1cc2oc(-c3ccc(F)cc3)c(C(=O)NC)c2cc1-c1cc(C(=O)N[C@H]2CC3CC2C3)c(F)cc1F. The Hall–Kier alpha value is -4.27. The average Bonchev–Trinajstić information content (AvgIpc) is 3.60. The van der Waals surface area contributed by atoms with Crippen LogP contribution in [0.4, 0.5) is 18.9 Å². The van der Waals surface area contributed by atoms with Crippen LogP contribution in [0.15, 0.2) is 52.9 Å². The number of hydrogen-bond donors (Lipinski definition) is 3. The zero-order valence-electron chi connectivity index (χ0n) is 22.0. The van der Waals surface area contributed by atoms with Crippen LogP contribution in [0.2, 0.25) is 0 Å². The fourth-order valence-corrected chi connectivity index (χ4v) is 6.07. The number of amides is 2. The van der Waals surface area contributed by atoms with E-state index in [0.717, 1.165) is 25.3 Å². The summed E-state index contributed by atoms with van der Waals surface area (Å²) in [5.74, 6) is -1.99. The third-order valence-corrected chi connectivity index (χ3v) is 8.09. The number of furan rings is 1. The van der Waals surface area contributed by atoms with Crippen LogP contribution in [0.1, 0.15) is 46.9 Å². The van der Waals surface area contributed by atoms with Gasteiger partial charge >= 0.3 is 0 Å². The van der Waals surface area contributed by atoms with Gasteiger partial charge in [0.2, 0.25) is 0 Å². The third-order valence-electron chi connectivity index (χ3n) is 8.09. The van der Waals surface area contributed by atoms with Gasteiger partial charge in [0.25, 0.3) is 11.8 Å². The average molecular weight is 548 g/mol. The fraction of sp³-hybridized carbons (Fsp3) is 0.290. The second-order valence-electron chi connectivity index (χ2n) is 10.5. The molecule has 0 aliphatic heterocycles. The molecule has 2 bridgehead atoms. The van der Waals surface area contributed by atoms with Crippen molar-refractivity contribution in [3.63, 3.8) is 0 Å². The second kappa shape index (κ2) is 10.0.